The normalized spacial score (nSPS) is 11.4. The van der Waals surface area contributed by atoms with E-state index in [1.807, 2.05) is 32.0 Å². The van der Waals surface area contributed by atoms with Crippen LogP contribution in [-0.4, -0.2) is 39.8 Å². The van der Waals surface area contributed by atoms with E-state index in [9.17, 15) is 13.2 Å². The van der Waals surface area contributed by atoms with Crippen molar-refractivity contribution in [3.63, 3.8) is 0 Å². The van der Waals surface area contributed by atoms with Gasteiger partial charge in [0, 0.05) is 32.4 Å². The predicted molar refractivity (Wildman–Crippen MR) is 101 cm³/mol. The highest BCUT2D eigenvalue weighted by atomic mass is 32.2. The summed E-state index contributed by atoms with van der Waals surface area (Å²) in [6.45, 7) is 4.00. The maximum Gasteiger partial charge on any atom is 0.303 e. The Bertz CT molecular complexity index is 875. The van der Waals surface area contributed by atoms with Crippen LogP contribution >= 0.6 is 0 Å². The van der Waals surface area contributed by atoms with Gasteiger partial charge in [-0.05, 0) is 61.4 Å². The Labute approximate surface area is 149 Å². The van der Waals surface area contributed by atoms with Crippen LogP contribution in [-0.2, 0) is 10.2 Å². The molecular formula is C18H23N3O3S. The van der Waals surface area contributed by atoms with E-state index in [-0.39, 0.29) is 5.91 Å². The summed E-state index contributed by atoms with van der Waals surface area (Å²) in [4.78, 5) is 12.3. The summed E-state index contributed by atoms with van der Waals surface area (Å²) in [6, 6.07) is 12.1. The molecule has 0 aliphatic carbocycles. The van der Waals surface area contributed by atoms with Crippen molar-refractivity contribution in [1.82, 2.24) is 4.31 Å². The first-order valence-corrected chi connectivity index (χ1v) is 9.17. The second-order valence-electron chi connectivity index (χ2n) is 6.06. The van der Waals surface area contributed by atoms with E-state index >= 15 is 0 Å². The fourth-order valence-corrected chi connectivity index (χ4v) is 3.10. The minimum Gasteiger partial charge on any atom is -0.322 e. The van der Waals surface area contributed by atoms with Crippen molar-refractivity contribution in [2.75, 3.05) is 30.8 Å². The third kappa shape index (κ3) is 4.18. The molecule has 0 atom stereocenters. The molecule has 0 saturated heterocycles. The average molecular weight is 361 g/mol. The van der Waals surface area contributed by atoms with Crippen LogP contribution in [0.1, 0.15) is 21.5 Å². The molecule has 0 aromatic heterocycles. The first kappa shape index (κ1) is 19.0. The lowest BCUT2D eigenvalue weighted by atomic mass is 10.1. The minimum atomic E-state index is -3.55. The molecule has 25 heavy (non-hydrogen) atoms. The lowest BCUT2D eigenvalue weighted by Gasteiger charge is -2.23. The molecule has 0 heterocycles. The number of rotatable bonds is 5. The van der Waals surface area contributed by atoms with Gasteiger partial charge in [0.2, 0.25) is 0 Å². The van der Waals surface area contributed by atoms with Gasteiger partial charge in [0.05, 0.1) is 5.69 Å². The number of hydrogen-bond donors (Lipinski definition) is 1. The van der Waals surface area contributed by atoms with Gasteiger partial charge in [-0.1, -0.05) is 6.07 Å². The van der Waals surface area contributed by atoms with Crippen molar-refractivity contribution < 1.29 is 13.2 Å². The SMILES string of the molecule is Cc1ccc(NC(=O)c2ccc(N(C)S(=O)(=O)N(C)C)cc2)cc1C. The molecule has 0 unspecified atom stereocenters. The van der Waals surface area contributed by atoms with E-state index in [1.54, 1.807) is 24.3 Å². The lowest BCUT2D eigenvalue weighted by Crippen LogP contribution is -2.37. The Morgan fingerprint density at radius 3 is 2.04 bits per heavy atom. The Morgan fingerprint density at radius 1 is 0.920 bits per heavy atom. The Kier molecular flexibility index (Phi) is 5.49. The van der Waals surface area contributed by atoms with Crippen molar-refractivity contribution >= 4 is 27.5 Å². The molecule has 0 aliphatic rings. The van der Waals surface area contributed by atoms with Gasteiger partial charge in [-0.25, -0.2) is 0 Å². The molecule has 6 nitrogen and oxygen atoms in total. The third-order valence-electron chi connectivity index (χ3n) is 4.07. The van der Waals surface area contributed by atoms with E-state index in [1.165, 1.54) is 21.1 Å². The number of carbonyl (C=O) groups is 1. The summed E-state index contributed by atoms with van der Waals surface area (Å²) in [7, 11) is 0.856. The largest absolute Gasteiger partial charge is 0.322 e. The summed E-state index contributed by atoms with van der Waals surface area (Å²) in [6.07, 6.45) is 0. The Morgan fingerprint density at radius 2 is 1.52 bits per heavy atom. The number of benzene rings is 2. The van der Waals surface area contributed by atoms with Crippen molar-refractivity contribution in [2.24, 2.45) is 0 Å². The van der Waals surface area contributed by atoms with Crippen LogP contribution < -0.4 is 9.62 Å². The summed E-state index contributed by atoms with van der Waals surface area (Å²) in [5.74, 6) is -0.243. The molecule has 0 aliphatic heterocycles. The molecule has 0 bridgehead atoms. The fraction of sp³-hybridized carbons (Fsp3) is 0.278. The molecule has 0 saturated carbocycles. The van der Waals surface area contributed by atoms with Crippen LogP contribution in [0.25, 0.3) is 0 Å². The molecule has 0 fully saturated rings. The van der Waals surface area contributed by atoms with Crippen LogP contribution in [0.5, 0.6) is 0 Å². The van der Waals surface area contributed by atoms with Gasteiger partial charge in [0.1, 0.15) is 0 Å². The molecular weight excluding hydrogens is 338 g/mol. The number of aryl methyl sites for hydroxylation is 2. The van der Waals surface area contributed by atoms with Gasteiger partial charge in [0.15, 0.2) is 0 Å². The zero-order valence-electron chi connectivity index (χ0n) is 15.1. The predicted octanol–water partition coefficient (Wildman–Crippen LogP) is 2.80. The first-order chi connectivity index (χ1) is 11.6. The highest BCUT2D eigenvalue weighted by Crippen LogP contribution is 2.19. The fourth-order valence-electron chi connectivity index (χ4n) is 2.22. The maximum atomic E-state index is 12.3. The molecule has 0 radical (unpaired) electrons. The highest BCUT2D eigenvalue weighted by molar-refractivity contribution is 7.90. The number of amides is 1. The Balaban J connectivity index is 2.16. The van der Waals surface area contributed by atoms with Crippen LogP contribution in [0.4, 0.5) is 11.4 Å². The highest BCUT2D eigenvalue weighted by Gasteiger charge is 2.21. The summed E-state index contributed by atoms with van der Waals surface area (Å²) in [5, 5.41) is 2.84. The van der Waals surface area contributed by atoms with Crippen LogP contribution in [0.15, 0.2) is 42.5 Å². The van der Waals surface area contributed by atoms with Crippen molar-refractivity contribution in [2.45, 2.75) is 13.8 Å². The standard InChI is InChI=1S/C18H23N3O3S/c1-13-6-9-16(12-14(13)2)19-18(22)15-7-10-17(11-8-15)21(5)25(23,24)20(3)4/h6-12H,1-5H3,(H,19,22). The number of hydrogen-bond acceptors (Lipinski definition) is 3. The molecule has 1 amide bonds. The molecule has 1 N–H and O–H groups in total. The van der Waals surface area contributed by atoms with Gasteiger partial charge in [-0.15, -0.1) is 0 Å². The molecule has 7 heteroatoms. The van der Waals surface area contributed by atoms with E-state index in [2.05, 4.69) is 5.32 Å². The Hall–Kier alpha value is -2.38. The second-order valence-corrected chi connectivity index (χ2v) is 8.23. The summed E-state index contributed by atoms with van der Waals surface area (Å²) in [5.41, 5.74) is 3.93. The van der Waals surface area contributed by atoms with Gasteiger partial charge in [0.25, 0.3) is 5.91 Å². The third-order valence-corrected chi connectivity index (χ3v) is 5.89. The monoisotopic (exact) mass is 361 g/mol. The lowest BCUT2D eigenvalue weighted by molar-refractivity contribution is 0.102. The summed E-state index contributed by atoms with van der Waals surface area (Å²) < 4.78 is 26.5. The molecule has 2 aromatic carbocycles. The van der Waals surface area contributed by atoms with Gasteiger partial charge in [-0.2, -0.15) is 12.7 Å². The molecule has 0 spiro atoms. The van der Waals surface area contributed by atoms with E-state index in [4.69, 9.17) is 0 Å². The summed E-state index contributed by atoms with van der Waals surface area (Å²) >= 11 is 0. The molecule has 2 aromatic rings. The maximum absolute atomic E-state index is 12.3. The van der Waals surface area contributed by atoms with E-state index in [0.717, 1.165) is 25.4 Å². The van der Waals surface area contributed by atoms with Gasteiger partial charge in [-0.3, -0.25) is 9.10 Å². The zero-order valence-corrected chi connectivity index (χ0v) is 15.9. The molecule has 2 rings (SSSR count). The second kappa shape index (κ2) is 7.25. The molecule has 134 valence electrons. The van der Waals surface area contributed by atoms with E-state index < -0.39 is 10.2 Å². The van der Waals surface area contributed by atoms with E-state index in [0.29, 0.717) is 11.3 Å². The van der Waals surface area contributed by atoms with Crippen LogP contribution in [0.2, 0.25) is 0 Å². The van der Waals surface area contributed by atoms with Gasteiger partial charge >= 0.3 is 10.2 Å². The number of nitrogens with zero attached hydrogens (tertiary/aromatic N) is 2. The number of nitrogens with one attached hydrogen (secondary N) is 1. The topological polar surface area (TPSA) is 69.7 Å². The first-order valence-electron chi connectivity index (χ1n) is 7.78. The quantitative estimate of drug-likeness (QED) is 0.890. The van der Waals surface area contributed by atoms with Crippen molar-refractivity contribution in [3.05, 3.63) is 59.2 Å². The zero-order chi connectivity index (χ0) is 18.8. The number of anilines is 2. The van der Waals surface area contributed by atoms with Crippen molar-refractivity contribution in [1.29, 1.82) is 0 Å². The average Bonchev–Trinajstić information content (AvgIpc) is 2.57. The smallest absolute Gasteiger partial charge is 0.303 e. The number of carbonyl (C=O) groups excluding carboxylic acids is 1. The van der Waals surface area contributed by atoms with Crippen molar-refractivity contribution in [3.8, 4) is 0 Å². The van der Waals surface area contributed by atoms with Crippen LogP contribution in [0.3, 0.4) is 0 Å². The van der Waals surface area contributed by atoms with Crippen LogP contribution in [0, 0.1) is 13.8 Å². The minimum absolute atomic E-state index is 0.243. The van der Waals surface area contributed by atoms with Gasteiger partial charge < -0.3 is 5.32 Å².